The summed E-state index contributed by atoms with van der Waals surface area (Å²) >= 11 is 0. The molecule has 0 aliphatic heterocycles. The molecule has 2 aromatic carbocycles. The number of nitrogens with zero attached hydrogens (tertiary/aromatic N) is 1. The summed E-state index contributed by atoms with van der Waals surface area (Å²) in [4.78, 5) is 30.2. The first kappa shape index (κ1) is 21.6. The van der Waals surface area contributed by atoms with Gasteiger partial charge in [0, 0.05) is 16.6 Å². The predicted molar refractivity (Wildman–Crippen MR) is 120 cm³/mol. The van der Waals surface area contributed by atoms with Crippen LogP contribution in [-0.2, 0) is 22.4 Å². The van der Waals surface area contributed by atoms with E-state index >= 15 is 0 Å². The fourth-order valence-corrected chi connectivity index (χ4v) is 4.19. The first-order chi connectivity index (χ1) is 15.5. The molecule has 1 aromatic heterocycles. The number of rotatable bonds is 7. The lowest BCUT2D eigenvalue weighted by Crippen LogP contribution is -2.31. The van der Waals surface area contributed by atoms with E-state index in [1.54, 1.807) is 26.4 Å². The van der Waals surface area contributed by atoms with Gasteiger partial charge in [-0.05, 0) is 56.0 Å². The summed E-state index contributed by atoms with van der Waals surface area (Å²) in [5.41, 5.74) is 3.94. The Kier molecular flexibility index (Phi) is 6.25. The maximum absolute atomic E-state index is 13.0. The first-order valence-corrected chi connectivity index (χ1v) is 10.6. The molecule has 4 rings (SSSR count). The molecule has 0 radical (unpaired) electrons. The smallest absolute Gasteiger partial charge is 0.339 e. The molecule has 1 aliphatic rings. The zero-order valence-electron chi connectivity index (χ0n) is 18.4. The highest BCUT2D eigenvalue weighted by Gasteiger charge is 2.25. The number of aryl methyl sites for hydroxylation is 1. The summed E-state index contributed by atoms with van der Waals surface area (Å²) in [6.45, 7) is 1.46. The standard InChI is InChI=1S/C25H26N2O5/c1-15(19-13-16(30-2)11-12-22(19)31-3)26-23(28)14-32-25(29)24-17-7-4-5-9-20(17)27-21-10-6-8-18(21)24/h4-5,7,9,11-13,15H,6,8,10,14H2,1-3H3,(H,26,28). The monoisotopic (exact) mass is 434 g/mol. The molecular formula is C25H26N2O5. The molecule has 32 heavy (non-hydrogen) atoms. The zero-order valence-corrected chi connectivity index (χ0v) is 18.4. The summed E-state index contributed by atoms with van der Waals surface area (Å²) in [5, 5.41) is 3.61. The molecule has 1 aliphatic carbocycles. The van der Waals surface area contributed by atoms with Crippen LogP contribution in [0.25, 0.3) is 10.9 Å². The summed E-state index contributed by atoms with van der Waals surface area (Å²) < 4.78 is 16.1. The van der Waals surface area contributed by atoms with Gasteiger partial charge in [0.1, 0.15) is 11.5 Å². The molecule has 0 fully saturated rings. The van der Waals surface area contributed by atoms with Crippen molar-refractivity contribution in [2.75, 3.05) is 20.8 Å². The number of hydrogen-bond acceptors (Lipinski definition) is 6. The first-order valence-electron chi connectivity index (χ1n) is 10.6. The highest BCUT2D eigenvalue weighted by Crippen LogP contribution is 2.31. The molecule has 0 saturated carbocycles. The highest BCUT2D eigenvalue weighted by molar-refractivity contribution is 6.05. The van der Waals surface area contributed by atoms with Crippen LogP contribution >= 0.6 is 0 Å². The molecule has 1 N–H and O–H groups in total. The van der Waals surface area contributed by atoms with Gasteiger partial charge in [-0.25, -0.2) is 4.79 Å². The molecule has 1 heterocycles. The second-order valence-corrected chi connectivity index (χ2v) is 7.76. The molecule has 0 bridgehead atoms. The molecule has 7 heteroatoms. The molecule has 0 spiro atoms. The summed E-state index contributed by atoms with van der Waals surface area (Å²) in [6, 6.07) is 12.5. The van der Waals surface area contributed by atoms with Gasteiger partial charge in [0.2, 0.25) is 0 Å². The lowest BCUT2D eigenvalue weighted by Gasteiger charge is -2.18. The Hall–Kier alpha value is -3.61. The van der Waals surface area contributed by atoms with Crippen molar-refractivity contribution in [2.24, 2.45) is 0 Å². The van der Waals surface area contributed by atoms with Crippen molar-refractivity contribution in [1.29, 1.82) is 0 Å². The third-order valence-corrected chi connectivity index (χ3v) is 5.74. The van der Waals surface area contributed by atoms with Crippen LogP contribution in [0.4, 0.5) is 0 Å². The van der Waals surface area contributed by atoms with Crippen LogP contribution < -0.4 is 14.8 Å². The summed E-state index contributed by atoms with van der Waals surface area (Å²) in [7, 11) is 3.15. The molecule has 3 aromatic rings. The van der Waals surface area contributed by atoms with Crippen molar-refractivity contribution in [2.45, 2.75) is 32.2 Å². The van der Waals surface area contributed by atoms with Gasteiger partial charge in [0.05, 0.1) is 31.3 Å². The third-order valence-electron chi connectivity index (χ3n) is 5.74. The van der Waals surface area contributed by atoms with Crippen molar-refractivity contribution in [3.63, 3.8) is 0 Å². The topological polar surface area (TPSA) is 86.8 Å². The van der Waals surface area contributed by atoms with Crippen molar-refractivity contribution >= 4 is 22.8 Å². The predicted octanol–water partition coefficient (Wildman–Crippen LogP) is 3.77. The second kappa shape index (κ2) is 9.26. The number of ether oxygens (including phenoxy) is 3. The number of benzene rings is 2. The third kappa shape index (κ3) is 4.23. The maximum Gasteiger partial charge on any atom is 0.339 e. The number of hydrogen-bond donors (Lipinski definition) is 1. The largest absolute Gasteiger partial charge is 0.497 e. The number of pyridine rings is 1. The van der Waals surface area contributed by atoms with E-state index in [0.717, 1.165) is 47.0 Å². The Morgan fingerprint density at radius 3 is 2.69 bits per heavy atom. The Morgan fingerprint density at radius 1 is 1.09 bits per heavy atom. The van der Waals surface area contributed by atoms with Gasteiger partial charge in [-0.3, -0.25) is 9.78 Å². The van der Waals surface area contributed by atoms with Crippen molar-refractivity contribution < 1.29 is 23.8 Å². The van der Waals surface area contributed by atoms with Crippen molar-refractivity contribution in [3.05, 3.63) is 64.8 Å². The lowest BCUT2D eigenvalue weighted by atomic mass is 10.0. The molecular weight excluding hydrogens is 408 g/mol. The number of para-hydroxylation sites is 1. The van der Waals surface area contributed by atoms with Crippen LogP contribution in [0.1, 0.15) is 46.6 Å². The zero-order chi connectivity index (χ0) is 22.7. The van der Waals surface area contributed by atoms with Crippen LogP contribution in [0.15, 0.2) is 42.5 Å². The summed E-state index contributed by atoms with van der Waals surface area (Å²) in [6.07, 6.45) is 2.59. The molecule has 1 unspecified atom stereocenters. The number of aromatic nitrogens is 1. The SMILES string of the molecule is COc1ccc(OC)c(C(C)NC(=O)COC(=O)c2c3c(nc4ccccc24)CCC3)c1. The Balaban J connectivity index is 1.47. The Labute approximate surface area is 186 Å². The quantitative estimate of drug-likeness (QED) is 0.570. The van der Waals surface area contributed by atoms with E-state index in [9.17, 15) is 9.59 Å². The lowest BCUT2D eigenvalue weighted by molar-refractivity contribution is -0.124. The minimum atomic E-state index is -0.497. The minimum absolute atomic E-state index is 0.364. The highest BCUT2D eigenvalue weighted by atomic mass is 16.5. The van der Waals surface area contributed by atoms with E-state index in [1.165, 1.54) is 0 Å². The van der Waals surface area contributed by atoms with Crippen molar-refractivity contribution in [1.82, 2.24) is 10.3 Å². The molecule has 1 atom stereocenters. The average molecular weight is 434 g/mol. The van der Waals surface area contributed by atoms with E-state index in [0.29, 0.717) is 17.1 Å². The van der Waals surface area contributed by atoms with Crippen molar-refractivity contribution in [3.8, 4) is 11.5 Å². The van der Waals surface area contributed by atoms with E-state index in [1.807, 2.05) is 37.3 Å². The average Bonchev–Trinajstić information content (AvgIpc) is 3.28. The van der Waals surface area contributed by atoms with Crippen LogP contribution in [0.5, 0.6) is 11.5 Å². The van der Waals surface area contributed by atoms with Gasteiger partial charge < -0.3 is 19.5 Å². The van der Waals surface area contributed by atoms with Gasteiger partial charge in [-0.1, -0.05) is 18.2 Å². The van der Waals surface area contributed by atoms with E-state index in [4.69, 9.17) is 14.2 Å². The Morgan fingerprint density at radius 2 is 1.91 bits per heavy atom. The minimum Gasteiger partial charge on any atom is -0.497 e. The number of fused-ring (bicyclic) bond motifs is 2. The van der Waals surface area contributed by atoms with Crippen LogP contribution in [0.2, 0.25) is 0 Å². The molecule has 1 amide bonds. The van der Waals surface area contributed by atoms with E-state index in [-0.39, 0.29) is 12.6 Å². The van der Waals surface area contributed by atoms with Gasteiger partial charge in [-0.15, -0.1) is 0 Å². The number of amides is 1. The van der Waals surface area contributed by atoms with Gasteiger partial charge in [0.15, 0.2) is 6.61 Å². The number of methoxy groups -OCH3 is 2. The number of nitrogens with one attached hydrogen (secondary N) is 1. The maximum atomic E-state index is 13.0. The molecule has 0 saturated heterocycles. The van der Waals surface area contributed by atoms with Crippen LogP contribution in [-0.4, -0.2) is 37.7 Å². The Bertz CT molecular complexity index is 1170. The molecule has 166 valence electrons. The number of carbonyl (C=O) groups excluding carboxylic acids is 2. The second-order valence-electron chi connectivity index (χ2n) is 7.76. The van der Waals surface area contributed by atoms with E-state index < -0.39 is 11.9 Å². The van der Waals surface area contributed by atoms with Crippen LogP contribution in [0, 0.1) is 0 Å². The van der Waals surface area contributed by atoms with Gasteiger partial charge in [-0.2, -0.15) is 0 Å². The summed E-state index contributed by atoms with van der Waals surface area (Å²) in [5.74, 6) is 0.399. The molecule has 7 nitrogen and oxygen atoms in total. The normalized spacial score (nSPS) is 13.3. The fourth-order valence-electron chi connectivity index (χ4n) is 4.19. The van der Waals surface area contributed by atoms with E-state index in [2.05, 4.69) is 10.3 Å². The van der Waals surface area contributed by atoms with Gasteiger partial charge in [0.25, 0.3) is 5.91 Å². The number of carbonyl (C=O) groups is 2. The van der Waals surface area contributed by atoms with Crippen LogP contribution in [0.3, 0.4) is 0 Å². The van der Waals surface area contributed by atoms with Gasteiger partial charge >= 0.3 is 5.97 Å². The fraction of sp³-hybridized carbons (Fsp3) is 0.320. The number of esters is 1.